The number of rotatable bonds is 4. The third kappa shape index (κ3) is 4.26. The Hall–Kier alpha value is -7.05. The number of fused-ring (bicyclic) bond motifs is 9. The Morgan fingerprint density at radius 1 is 0.451 bits per heavy atom. The molecule has 0 aliphatic heterocycles. The topological polar surface area (TPSA) is 69.9 Å². The summed E-state index contributed by atoms with van der Waals surface area (Å²) in [6, 6.07) is 39.6. The molecule has 238 valence electrons. The van der Waals surface area contributed by atoms with Gasteiger partial charge in [-0.25, -0.2) is 4.98 Å². The zero-order valence-corrected chi connectivity index (χ0v) is 26.7. The number of hydrogen-bond donors (Lipinski definition) is 0. The quantitative estimate of drug-likeness (QED) is 0.188. The molecule has 0 saturated carbocycles. The fraction of sp³-hybridized carbons (Fsp3) is 0. The van der Waals surface area contributed by atoms with E-state index in [0.717, 1.165) is 65.6 Å². The van der Waals surface area contributed by atoms with Crippen LogP contribution < -0.4 is 0 Å². The summed E-state index contributed by atoms with van der Waals surface area (Å²) in [4.78, 5) is 14.8. The standard InChI is InChI=1S/C45H26N4O2/c1-3-12-27(13-4-1)30-18-11-21-39-42(30)33-23-22-29(24-40(33)51-39)44-46-43(28-14-5-2-6-15-28)47-45(48-44)49-36-19-9-7-16-31(36)34-25-35-32-17-8-10-20-38(32)50-41(35)26-37(34)49/h1-26H/i2D,5D,6D,14D,15D. The highest BCUT2D eigenvalue weighted by atomic mass is 16.3. The minimum absolute atomic E-state index is 0.0613. The zero-order valence-electron chi connectivity index (χ0n) is 31.7. The van der Waals surface area contributed by atoms with E-state index >= 15 is 0 Å². The van der Waals surface area contributed by atoms with Gasteiger partial charge in [-0.1, -0.05) is 115 Å². The van der Waals surface area contributed by atoms with E-state index in [1.807, 2.05) is 108 Å². The van der Waals surface area contributed by atoms with Crippen LogP contribution in [0, 0.1) is 0 Å². The molecule has 0 aliphatic carbocycles. The van der Waals surface area contributed by atoms with Crippen molar-refractivity contribution in [3.05, 3.63) is 158 Å². The first-order valence-corrected chi connectivity index (χ1v) is 16.5. The molecule has 11 rings (SSSR count). The number of nitrogens with zero attached hydrogens (tertiary/aromatic N) is 4. The van der Waals surface area contributed by atoms with Crippen molar-refractivity contribution in [2.24, 2.45) is 0 Å². The zero-order chi connectivity index (χ0) is 37.8. The lowest BCUT2D eigenvalue weighted by molar-refractivity contribution is 0.668. The summed E-state index contributed by atoms with van der Waals surface area (Å²) in [5.74, 6) is 0.376. The second-order valence-electron chi connectivity index (χ2n) is 12.5. The van der Waals surface area contributed by atoms with Crippen molar-refractivity contribution in [1.29, 1.82) is 0 Å². The van der Waals surface area contributed by atoms with E-state index in [-0.39, 0.29) is 23.2 Å². The van der Waals surface area contributed by atoms with E-state index in [1.165, 1.54) is 0 Å². The summed E-state index contributed by atoms with van der Waals surface area (Å²) in [6.45, 7) is 0. The normalized spacial score (nSPS) is 13.3. The number of para-hydroxylation sites is 2. The maximum Gasteiger partial charge on any atom is 0.238 e. The Morgan fingerprint density at radius 3 is 2.06 bits per heavy atom. The van der Waals surface area contributed by atoms with E-state index in [1.54, 1.807) is 0 Å². The first kappa shape index (κ1) is 23.3. The van der Waals surface area contributed by atoms with Crippen LogP contribution in [0.5, 0.6) is 0 Å². The second-order valence-corrected chi connectivity index (χ2v) is 12.5. The van der Waals surface area contributed by atoms with Crippen molar-refractivity contribution in [3.63, 3.8) is 0 Å². The molecule has 0 N–H and O–H groups in total. The maximum absolute atomic E-state index is 8.85. The van der Waals surface area contributed by atoms with Crippen LogP contribution in [0.4, 0.5) is 0 Å². The van der Waals surface area contributed by atoms with Crippen LogP contribution in [0.25, 0.3) is 106 Å². The first-order valence-electron chi connectivity index (χ1n) is 19.0. The number of benzene rings is 7. The van der Waals surface area contributed by atoms with Gasteiger partial charge in [0.2, 0.25) is 5.95 Å². The summed E-state index contributed by atoms with van der Waals surface area (Å²) in [7, 11) is 0. The fourth-order valence-corrected chi connectivity index (χ4v) is 7.29. The average molecular weight is 660 g/mol. The van der Waals surface area contributed by atoms with E-state index in [0.29, 0.717) is 16.7 Å². The molecule has 51 heavy (non-hydrogen) atoms. The Balaban J connectivity index is 1.20. The lowest BCUT2D eigenvalue weighted by Crippen LogP contribution is -2.06. The number of aromatic nitrogens is 4. The molecule has 0 atom stereocenters. The van der Waals surface area contributed by atoms with Crippen molar-refractivity contribution in [2.45, 2.75) is 0 Å². The third-order valence-corrected chi connectivity index (χ3v) is 9.56. The van der Waals surface area contributed by atoms with E-state index in [9.17, 15) is 0 Å². The van der Waals surface area contributed by atoms with E-state index in [4.69, 9.17) is 30.6 Å². The summed E-state index contributed by atoms with van der Waals surface area (Å²) < 4.78 is 57.5. The molecular weight excluding hydrogens is 629 g/mol. The SMILES string of the molecule is [2H]c1c([2H])c([2H])c(-c2nc(-c3ccc4c(c3)oc3cccc(-c5ccccc5)c34)nc(-n3c4ccccc4c4cc5c(cc43)oc3ccccc35)n2)c([2H])c1[2H]. The third-order valence-electron chi connectivity index (χ3n) is 9.56. The lowest BCUT2D eigenvalue weighted by Gasteiger charge is -2.11. The van der Waals surface area contributed by atoms with Crippen molar-refractivity contribution in [1.82, 2.24) is 19.5 Å². The van der Waals surface area contributed by atoms with Gasteiger partial charge in [0.1, 0.15) is 22.3 Å². The van der Waals surface area contributed by atoms with Gasteiger partial charge in [-0.15, -0.1) is 0 Å². The molecule has 6 nitrogen and oxygen atoms in total. The average Bonchev–Trinajstić information content (AvgIpc) is 3.90. The molecule has 4 heterocycles. The largest absolute Gasteiger partial charge is 0.456 e. The maximum atomic E-state index is 8.85. The second kappa shape index (κ2) is 10.7. The van der Waals surface area contributed by atoms with Crippen LogP contribution in [0.3, 0.4) is 0 Å². The summed E-state index contributed by atoms with van der Waals surface area (Å²) >= 11 is 0. The highest BCUT2D eigenvalue weighted by Gasteiger charge is 2.21. The Morgan fingerprint density at radius 2 is 1.18 bits per heavy atom. The van der Waals surface area contributed by atoms with Crippen molar-refractivity contribution < 1.29 is 15.7 Å². The highest BCUT2D eigenvalue weighted by molar-refractivity contribution is 6.17. The highest BCUT2D eigenvalue weighted by Crippen LogP contribution is 2.40. The monoisotopic (exact) mass is 659 g/mol. The molecule has 0 aliphatic rings. The molecule has 4 aromatic heterocycles. The molecule has 6 heteroatoms. The van der Waals surface area contributed by atoms with Gasteiger partial charge >= 0.3 is 0 Å². The van der Waals surface area contributed by atoms with Gasteiger partial charge in [-0.3, -0.25) is 4.57 Å². The molecular formula is C45H26N4O2. The molecule has 0 fully saturated rings. The van der Waals surface area contributed by atoms with E-state index in [2.05, 4.69) is 24.3 Å². The van der Waals surface area contributed by atoms with Crippen molar-refractivity contribution >= 4 is 65.7 Å². The van der Waals surface area contributed by atoms with Gasteiger partial charge in [0, 0.05) is 49.5 Å². The predicted molar refractivity (Wildman–Crippen MR) is 205 cm³/mol. The van der Waals surface area contributed by atoms with Gasteiger partial charge in [0.15, 0.2) is 11.6 Å². The molecule has 0 bridgehead atoms. The molecule has 0 amide bonds. The van der Waals surface area contributed by atoms with Crippen LogP contribution in [0.2, 0.25) is 0 Å². The smallest absolute Gasteiger partial charge is 0.238 e. The molecule has 0 unspecified atom stereocenters. The minimum atomic E-state index is -0.499. The molecule has 0 spiro atoms. The van der Waals surface area contributed by atoms with Gasteiger partial charge in [-0.2, -0.15) is 9.97 Å². The molecule has 0 radical (unpaired) electrons. The van der Waals surface area contributed by atoms with Gasteiger partial charge in [0.25, 0.3) is 0 Å². The molecule has 7 aromatic carbocycles. The van der Waals surface area contributed by atoms with Crippen LogP contribution in [0.1, 0.15) is 6.85 Å². The van der Waals surface area contributed by atoms with Crippen LogP contribution >= 0.6 is 0 Å². The Kier molecular flexibility index (Phi) is 4.91. The fourth-order valence-electron chi connectivity index (χ4n) is 7.29. The Bertz CT molecular complexity index is 3420. The van der Waals surface area contributed by atoms with Gasteiger partial charge in [0.05, 0.1) is 17.9 Å². The predicted octanol–water partition coefficient (Wildman–Crippen LogP) is 11.8. The van der Waals surface area contributed by atoms with Gasteiger partial charge < -0.3 is 8.83 Å². The summed E-state index contributed by atoms with van der Waals surface area (Å²) in [5.41, 5.74) is 6.98. The molecule has 11 aromatic rings. The van der Waals surface area contributed by atoms with Crippen molar-refractivity contribution in [3.8, 4) is 39.9 Å². The van der Waals surface area contributed by atoms with Crippen molar-refractivity contribution in [2.75, 3.05) is 0 Å². The first-order chi connectivity index (χ1) is 27.3. The molecule has 0 saturated heterocycles. The van der Waals surface area contributed by atoms with E-state index < -0.39 is 30.2 Å². The summed E-state index contributed by atoms with van der Waals surface area (Å²) in [6.07, 6.45) is 0. The summed E-state index contributed by atoms with van der Waals surface area (Å²) in [5, 5.41) is 5.78. The van der Waals surface area contributed by atoms with Crippen LogP contribution in [-0.2, 0) is 0 Å². The van der Waals surface area contributed by atoms with Crippen LogP contribution in [0.15, 0.2) is 166 Å². The van der Waals surface area contributed by atoms with Crippen LogP contribution in [-0.4, -0.2) is 19.5 Å². The lowest BCUT2D eigenvalue weighted by atomic mass is 9.99. The number of hydrogen-bond acceptors (Lipinski definition) is 5. The van der Waals surface area contributed by atoms with Gasteiger partial charge in [-0.05, 0) is 47.5 Å². The Labute approximate surface area is 297 Å². The number of furan rings is 2. The minimum Gasteiger partial charge on any atom is -0.456 e.